The second kappa shape index (κ2) is 9.71. The van der Waals surface area contributed by atoms with Crippen molar-refractivity contribution in [2.75, 3.05) is 19.4 Å². The Bertz CT molecular complexity index is 1660. The first-order valence-electron chi connectivity index (χ1n) is 13.4. The highest BCUT2D eigenvalue weighted by atomic mass is 16.4. The lowest BCUT2D eigenvalue weighted by molar-refractivity contribution is -0.181. The third-order valence-electron chi connectivity index (χ3n) is 8.75. The molecule has 0 saturated heterocycles. The highest BCUT2D eigenvalue weighted by Crippen LogP contribution is 2.51. The van der Waals surface area contributed by atoms with Crippen LogP contribution in [0.4, 0.5) is 11.7 Å². The summed E-state index contributed by atoms with van der Waals surface area (Å²) in [5, 5.41) is 25.7. The van der Waals surface area contributed by atoms with Gasteiger partial charge < -0.3 is 25.7 Å². The largest absolute Gasteiger partial charge is 0.505 e. The van der Waals surface area contributed by atoms with Crippen LogP contribution in [0.15, 0.2) is 53.1 Å². The number of primary amides is 1. The molecule has 5 N–H and O–H groups in total. The average molecular weight is 573 g/mol. The van der Waals surface area contributed by atoms with Gasteiger partial charge in [-0.1, -0.05) is 36.4 Å². The Hall–Kier alpha value is -4.68. The molecule has 3 aliphatic rings. The molecule has 2 saturated carbocycles. The van der Waals surface area contributed by atoms with E-state index in [1.807, 2.05) is 30.3 Å². The van der Waals surface area contributed by atoms with Gasteiger partial charge in [-0.2, -0.15) is 4.98 Å². The van der Waals surface area contributed by atoms with Gasteiger partial charge in [-0.15, -0.1) is 0 Å². The van der Waals surface area contributed by atoms with Crippen LogP contribution < -0.4 is 11.1 Å². The number of hydrogen-bond donors (Lipinski definition) is 4. The number of nitrogens with zero attached hydrogens (tertiary/aromatic N) is 2. The third-order valence-corrected chi connectivity index (χ3v) is 8.75. The van der Waals surface area contributed by atoms with Gasteiger partial charge in [0, 0.05) is 11.5 Å². The quantitative estimate of drug-likeness (QED) is 0.254. The van der Waals surface area contributed by atoms with E-state index < -0.39 is 70.1 Å². The first-order chi connectivity index (χ1) is 19.9. The number of aliphatic hydroxyl groups is 1. The molecule has 0 bridgehead atoms. The molecular formula is C30H28N4O8. The monoisotopic (exact) mass is 572 g/mol. The summed E-state index contributed by atoms with van der Waals surface area (Å²) in [6.07, 6.45) is 1.60. The van der Waals surface area contributed by atoms with E-state index in [0.717, 1.165) is 5.56 Å². The number of likely N-dealkylation sites (N-methyl/N-ethyl adjacent to an activating group) is 1. The number of carbonyl (C=O) groups is 5. The average Bonchev–Trinajstić information content (AvgIpc) is 3.41. The number of amides is 1. The van der Waals surface area contributed by atoms with Gasteiger partial charge in [0.05, 0.1) is 23.2 Å². The van der Waals surface area contributed by atoms with Crippen LogP contribution in [-0.4, -0.2) is 74.9 Å². The van der Waals surface area contributed by atoms with Crippen LogP contribution in [0.1, 0.15) is 22.3 Å². The molecule has 0 radical (unpaired) electrons. The SMILES string of the molecule is CN(C)[C@H]1C(=O)C(C(N)=O)C(=O)[C@]2(O)C(=O)C3C(=O)c4c(ccc(Nc5nc(-c6ccccc6)co5)c4O)C[C@@H]3C[C@H]12. The van der Waals surface area contributed by atoms with Crippen LogP contribution in [0.5, 0.6) is 5.75 Å². The zero-order chi connectivity index (χ0) is 30.1. The van der Waals surface area contributed by atoms with Crippen LogP contribution >= 0.6 is 0 Å². The number of benzene rings is 2. The molecule has 2 aromatic carbocycles. The van der Waals surface area contributed by atoms with Crippen LogP contribution in [-0.2, 0) is 25.6 Å². The molecular weight excluding hydrogens is 544 g/mol. The molecule has 2 fully saturated rings. The van der Waals surface area contributed by atoms with Gasteiger partial charge in [-0.05, 0) is 44.5 Å². The zero-order valence-electron chi connectivity index (χ0n) is 22.7. The Morgan fingerprint density at radius 3 is 2.48 bits per heavy atom. The number of rotatable bonds is 5. The number of nitrogens with two attached hydrogens (primary N) is 1. The normalized spacial score (nSPS) is 28.7. The second-order valence-electron chi connectivity index (χ2n) is 11.3. The van der Waals surface area contributed by atoms with Crippen molar-refractivity contribution in [1.29, 1.82) is 0 Å². The van der Waals surface area contributed by atoms with Crippen molar-refractivity contribution in [3.63, 3.8) is 0 Å². The molecule has 6 rings (SSSR count). The van der Waals surface area contributed by atoms with Crippen LogP contribution in [0.2, 0.25) is 0 Å². The van der Waals surface area contributed by atoms with Crippen LogP contribution in [0.25, 0.3) is 11.3 Å². The Morgan fingerprint density at radius 1 is 1.10 bits per heavy atom. The number of hydrogen-bond acceptors (Lipinski definition) is 11. The van der Waals surface area contributed by atoms with Crippen molar-refractivity contribution in [2.45, 2.75) is 24.5 Å². The first-order valence-corrected chi connectivity index (χ1v) is 13.4. The summed E-state index contributed by atoms with van der Waals surface area (Å²) in [6.45, 7) is 0. The molecule has 1 aromatic heterocycles. The topological polar surface area (TPSA) is 193 Å². The van der Waals surface area contributed by atoms with Crippen molar-refractivity contribution in [3.8, 4) is 17.0 Å². The minimum absolute atomic E-state index is 0.0107. The number of aromatic nitrogens is 1. The number of Topliss-reactive ketones (excluding diaryl/α,β-unsaturated/α-hetero) is 4. The van der Waals surface area contributed by atoms with E-state index in [1.165, 1.54) is 25.3 Å². The van der Waals surface area contributed by atoms with Gasteiger partial charge in [0.15, 0.2) is 34.7 Å². The van der Waals surface area contributed by atoms with E-state index in [2.05, 4.69) is 10.3 Å². The van der Waals surface area contributed by atoms with E-state index in [9.17, 15) is 34.2 Å². The number of aromatic hydroxyl groups is 1. The lowest BCUT2D eigenvalue weighted by atomic mass is 9.52. The number of fused-ring (bicyclic) bond motifs is 3. The van der Waals surface area contributed by atoms with Crippen molar-refractivity contribution in [3.05, 3.63) is 59.9 Å². The van der Waals surface area contributed by atoms with E-state index >= 15 is 0 Å². The molecule has 216 valence electrons. The number of phenols is 1. The molecule has 12 heteroatoms. The van der Waals surface area contributed by atoms with Gasteiger partial charge in [-0.3, -0.25) is 28.9 Å². The molecule has 0 aliphatic heterocycles. The number of anilines is 2. The molecule has 1 amide bonds. The number of nitrogens with one attached hydrogen (secondary N) is 1. The Kier molecular flexibility index (Phi) is 6.35. The summed E-state index contributed by atoms with van der Waals surface area (Å²) in [6, 6.07) is 11.4. The van der Waals surface area contributed by atoms with E-state index in [0.29, 0.717) is 11.3 Å². The van der Waals surface area contributed by atoms with Crippen LogP contribution in [0, 0.1) is 23.7 Å². The maximum absolute atomic E-state index is 13.9. The molecule has 42 heavy (non-hydrogen) atoms. The Balaban J connectivity index is 1.35. The van der Waals surface area contributed by atoms with Crippen molar-refractivity contribution in [2.24, 2.45) is 29.4 Å². The molecule has 6 atom stereocenters. The highest BCUT2D eigenvalue weighted by molar-refractivity contribution is 6.32. The summed E-state index contributed by atoms with van der Waals surface area (Å²) in [4.78, 5) is 72.2. The highest BCUT2D eigenvalue weighted by Gasteiger charge is 2.69. The van der Waals surface area contributed by atoms with Crippen molar-refractivity contribution >= 4 is 40.7 Å². The molecule has 0 spiro atoms. The Labute approximate surface area is 239 Å². The molecule has 1 heterocycles. The number of ketones is 4. The summed E-state index contributed by atoms with van der Waals surface area (Å²) < 4.78 is 5.49. The summed E-state index contributed by atoms with van der Waals surface area (Å²) in [5.41, 5.74) is 4.39. The maximum Gasteiger partial charge on any atom is 0.299 e. The number of oxazole rings is 1. The maximum atomic E-state index is 13.9. The molecule has 12 nitrogen and oxygen atoms in total. The van der Waals surface area contributed by atoms with E-state index in [-0.39, 0.29) is 30.1 Å². The van der Waals surface area contributed by atoms with Gasteiger partial charge >= 0.3 is 0 Å². The van der Waals surface area contributed by atoms with E-state index in [1.54, 1.807) is 12.1 Å². The zero-order valence-corrected chi connectivity index (χ0v) is 22.7. The number of phenolic OH excluding ortho intramolecular Hbond substituents is 1. The predicted molar refractivity (Wildman–Crippen MR) is 147 cm³/mol. The minimum atomic E-state index is -2.77. The van der Waals surface area contributed by atoms with Crippen LogP contribution in [0.3, 0.4) is 0 Å². The van der Waals surface area contributed by atoms with E-state index in [4.69, 9.17) is 10.2 Å². The van der Waals surface area contributed by atoms with Gasteiger partial charge in [-0.25, -0.2) is 0 Å². The predicted octanol–water partition coefficient (Wildman–Crippen LogP) is 1.27. The smallest absolute Gasteiger partial charge is 0.299 e. The molecule has 3 aromatic rings. The van der Waals surface area contributed by atoms with Gasteiger partial charge in [0.1, 0.15) is 17.7 Å². The van der Waals surface area contributed by atoms with Gasteiger partial charge in [0.2, 0.25) is 5.91 Å². The summed E-state index contributed by atoms with van der Waals surface area (Å²) in [7, 11) is 3.08. The fourth-order valence-electron chi connectivity index (χ4n) is 6.87. The lowest BCUT2D eigenvalue weighted by Gasteiger charge is -2.52. The fraction of sp³-hybridized carbons (Fsp3) is 0.333. The fourth-order valence-corrected chi connectivity index (χ4v) is 6.87. The van der Waals surface area contributed by atoms with Crippen molar-refractivity contribution < 1.29 is 38.6 Å². The Morgan fingerprint density at radius 2 is 1.81 bits per heavy atom. The number of carbonyl (C=O) groups excluding carboxylic acids is 5. The molecule has 3 aliphatic carbocycles. The summed E-state index contributed by atoms with van der Waals surface area (Å²) in [5.74, 6) is -11.0. The standard InChI is InChI=1S/C30H28N4O8/c1-34(2)22-16-11-15-10-14-8-9-17(32-29-33-18(12-42-29)13-6-4-3-5-7-13)23(35)19(14)24(36)20(15)26(38)30(16,41)27(39)21(25(22)37)28(31)40/h3-9,12,15-16,20-22,35,41H,10-11H2,1-2H3,(H2,31,40)(H,32,33)/t15-,16-,20?,21?,22-,30-/m1/s1. The lowest BCUT2D eigenvalue weighted by Crippen LogP contribution is -2.74. The third kappa shape index (κ3) is 3.90. The minimum Gasteiger partial charge on any atom is -0.505 e. The first kappa shape index (κ1) is 27.5. The second-order valence-corrected chi connectivity index (χ2v) is 11.3. The molecule has 2 unspecified atom stereocenters. The summed E-state index contributed by atoms with van der Waals surface area (Å²) >= 11 is 0. The van der Waals surface area contributed by atoms with Crippen molar-refractivity contribution in [1.82, 2.24) is 9.88 Å². The van der Waals surface area contributed by atoms with Gasteiger partial charge in [0.25, 0.3) is 6.01 Å².